The second kappa shape index (κ2) is 4.08. The van der Waals surface area contributed by atoms with Crippen LogP contribution in [0.15, 0.2) is 30.3 Å². The molecule has 0 fully saturated rings. The molecular formula is C12H15N5. The summed E-state index contributed by atoms with van der Waals surface area (Å²) in [5.41, 5.74) is 1.34. The van der Waals surface area contributed by atoms with Crippen molar-refractivity contribution >= 4 is 11.9 Å². The molecule has 0 aliphatic carbocycles. The van der Waals surface area contributed by atoms with Gasteiger partial charge in [0, 0.05) is 19.5 Å². The molecule has 0 saturated heterocycles. The molecule has 1 aliphatic rings. The van der Waals surface area contributed by atoms with Crippen molar-refractivity contribution in [2.75, 3.05) is 24.2 Å². The van der Waals surface area contributed by atoms with E-state index in [4.69, 9.17) is 0 Å². The van der Waals surface area contributed by atoms with E-state index < -0.39 is 0 Å². The van der Waals surface area contributed by atoms with Gasteiger partial charge in [-0.3, -0.25) is 0 Å². The van der Waals surface area contributed by atoms with Crippen LogP contribution in [0.3, 0.4) is 0 Å². The van der Waals surface area contributed by atoms with E-state index in [0.29, 0.717) is 11.9 Å². The normalized spacial score (nSPS) is 18.3. The number of benzene rings is 1. The lowest BCUT2D eigenvalue weighted by Gasteiger charge is -2.23. The highest BCUT2D eigenvalue weighted by Crippen LogP contribution is 2.24. The maximum absolute atomic E-state index is 4.38. The minimum absolute atomic E-state index is 0.454. The summed E-state index contributed by atoms with van der Waals surface area (Å²) in [6, 6.07) is 10.5. The molecule has 2 aromatic rings. The van der Waals surface area contributed by atoms with Gasteiger partial charge in [-0.15, -0.1) is 5.10 Å². The van der Waals surface area contributed by atoms with Crippen molar-refractivity contribution in [1.29, 1.82) is 0 Å². The summed E-state index contributed by atoms with van der Waals surface area (Å²) in [7, 11) is 1.83. The van der Waals surface area contributed by atoms with Crippen molar-refractivity contribution in [3.8, 4) is 0 Å². The van der Waals surface area contributed by atoms with Gasteiger partial charge < -0.3 is 10.6 Å². The van der Waals surface area contributed by atoms with Crippen LogP contribution in [0.4, 0.5) is 11.9 Å². The van der Waals surface area contributed by atoms with Crippen molar-refractivity contribution in [3.63, 3.8) is 0 Å². The molecule has 1 aromatic heterocycles. The standard InChI is InChI=1S/C12H15N5/c1-13-11-15-12-14-7-10(8-17(12)16-11)9-5-3-2-4-6-9/h2-6,10H,7-8H2,1H3,(H2,13,14,15,16). The quantitative estimate of drug-likeness (QED) is 0.820. The van der Waals surface area contributed by atoms with Gasteiger partial charge in [0.1, 0.15) is 0 Å². The van der Waals surface area contributed by atoms with E-state index in [-0.39, 0.29) is 0 Å². The van der Waals surface area contributed by atoms with Crippen LogP contribution in [0.1, 0.15) is 11.5 Å². The van der Waals surface area contributed by atoms with Gasteiger partial charge in [-0.2, -0.15) is 4.98 Å². The fraction of sp³-hybridized carbons (Fsp3) is 0.333. The average Bonchev–Trinajstić information content (AvgIpc) is 2.81. The highest BCUT2D eigenvalue weighted by atomic mass is 15.4. The van der Waals surface area contributed by atoms with Crippen LogP contribution in [0.25, 0.3) is 0 Å². The fourth-order valence-electron chi connectivity index (χ4n) is 2.14. The highest BCUT2D eigenvalue weighted by molar-refractivity contribution is 5.38. The Morgan fingerprint density at radius 2 is 2.18 bits per heavy atom. The van der Waals surface area contributed by atoms with Crippen molar-refractivity contribution in [1.82, 2.24) is 14.8 Å². The van der Waals surface area contributed by atoms with Gasteiger partial charge in [0.2, 0.25) is 11.9 Å². The first kappa shape index (κ1) is 10.1. The summed E-state index contributed by atoms with van der Waals surface area (Å²) >= 11 is 0. The van der Waals surface area contributed by atoms with Gasteiger partial charge in [0.05, 0.1) is 6.54 Å². The minimum Gasteiger partial charge on any atom is -0.356 e. The van der Waals surface area contributed by atoms with E-state index >= 15 is 0 Å². The van der Waals surface area contributed by atoms with Crippen LogP contribution >= 0.6 is 0 Å². The molecule has 2 heterocycles. The SMILES string of the molecule is CNc1nc2n(n1)CC(c1ccccc1)CN2. The molecule has 0 saturated carbocycles. The molecule has 0 bridgehead atoms. The van der Waals surface area contributed by atoms with Gasteiger partial charge in [0.25, 0.3) is 0 Å². The van der Waals surface area contributed by atoms with Gasteiger partial charge in [-0.1, -0.05) is 30.3 Å². The van der Waals surface area contributed by atoms with Crippen LogP contribution < -0.4 is 10.6 Å². The lowest BCUT2D eigenvalue weighted by molar-refractivity contribution is 0.504. The Kier molecular flexibility index (Phi) is 2.44. The van der Waals surface area contributed by atoms with Crippen LogP contribution in [-0.2, 0) is 6.54 Å². The first-order chi connectivity index (χ1) is 8.36. The molecule has 17 heavy (non-hydrogen) atoms. The number of aromatic nitrogens is 3. The lowest BCUT2D eigenvalue weighted by atomic mass is 9.98. The molecule has 5 nitrogen and oxygen atoms in total. The largest absolute Gasteiger partial charge is 0.356 e. The first-order valence-electron chi connectivity index (χ1n) is 5.78. The average molecular weight is 229 g/mol. The van der Waals surface area contributed by atoms with E-state index in [0.717, 1.165) is 19.0 Å². The number of anilines is 2. The van der Waals surface area contributed by atoms with Crippen LogP contribution in [-0.4, -0.2) is 28.4 Å². The molecular weight excluding hydrogens is 214 g/mol. The number of hydrogen-bond donors (Lipinski definition) is 2. The summed E-state index contributed by atoms with van der Waals surface area (Å²) < 4.78 is 1.92. The molecule has 0 amide bonds. The van der Waals surface area contributed by atoms with Crippen molar-refractivity contribution < 1.29 is 0 Å². The topological polar surface area (TPSA) is 54.8 Å². The Bertz CT molecular complexity index is 505. The second-order valence-electron chi connectivity index (χ2n) is 4.18. The fourth-order valence-corrected chi connectivity index (χ4v) is 2.14. The Morgan fingerprint density at radius 1 is 1.35 bits per heavy atom. The van der Waals surface area contributed by atoms with E-state index in [1.54, 1.807) is 0 Å². The molecule has 1 aliphatic heterocycles. The first-order valence-corrected chi connectivity index (χ1v) is 5.78. The molecule has 0 radical (unpaired) electrons. The molecule has 88 valence electrons. The Labute approximate surface area is 99.9 Å². The third-order valence-electron chi connectivity index (χ3n) is 3.07. The Morgan fingerprint density at radius 3 is 2.94 bits per heavy atom. The highest BCUT2D eigenvalue weighted by Gasteiger charge is 2.21. The number of rotatable bonds is 2. The summed E-state index contributed by atoms with van der Waals surface area (Å²) in [5, 5.41) is 10.6. The number of nitrogens with one attached hydrogen (secondary N) is 2. The Balaban J connectivity index is 1.85. The van der Waals surface area contributed by atoms with E-state index in [2.05, 4.69) is 45.0 Å². The van der Waals surface area contributed by atoms with Crippen LogP contribution in [0.2, 0.25) is 0 Å². The third-order valence-corrected chi connectivity index (χ3v) is 3.07. The van der Waals surface area contributed by atoms with Crippen LogP contribution in [0.5, 0.6) is 0 Å². The second-order valence-corrected chi connectivity index (χ2v) is 4.18. The summed E-state index contributed by atoms with van der Waals surface area (Å²) in [6.07, 6.45) is 0. The van der Waals surface area contributed by atoms with Crippen molar-refractivity contribution in [3.05, 3.63) is 35.9 Å². The maximum Gasteiger partial charge on any atom is 0.243 e. The van der Waals surface area contributed by atoms with Crippen molar-refractivity contribution in [2.45, 2.75) is 12.5 Å². The lowest BCUT2D eigenvalue weighted by Crippen LogP contribution is -2.26. The predicted octanol–water partition coefficient (Wildman–Crippen LogP) is 1.53. The number of fused-ring (bicyclic) bond motifs is 1. The maximum atomic E-state index is 4.38. The molecule has 2 N–H and O–H groups in total. The Hall–Kier alpha value is -2.04. The van der Waals surface area contributed by atoms with E-state index in [9.17, 15) is 0 Å². The monoisotopic (exact) mass is 229 g/mol. The van der Waals surface area contributed by atoms with Gasteiger partial charge in [-0.25, -0.2) is 4.68 Å². The van der Waals surface area contributed by atoms with Gasteiger partial charge in [0.15, 0.2) is 0 Å². The summed E-state index contributed by atoms with van der Waals surface area (Å²) in [6.45, 7) is 1.78. The summed E-state index contributed by atoms with van der Waals surface area (Å²) in [4.78, 5) is 4.33. The molecule has 5 heteroatoms. The zero-order valence-corrected chi connectivity index (χ0v) is 9.72. The number of nitrogens with zero attached hydrogens (tertiary/aromatic N) is 3. The molecule has 1 unspecified atom stereocenters. The van der Waals surface area contributed by atoms with Crippen LogP contribution in [0, 0.1) is 0 Å². The van der Waals surface area contributed by atoms with Gasteiger partial charge >= 0.3 is 0 Å². The zero-order chi connectivity index (χ0) is 11.7. The minimum atomic E-state index is 0.454. The zero-order valence-electron chi connectivity index (χ0n) is 9.72. The molecule has 1 atom stereocenters. The molecule has 0 spiro atoms. The van der Waals surface area contributed by atoms with Crippen molar-refractivity contribution in [2.24, 2.45) is 0 Å². The molecule has 1 aromatic carbocycles. The van der Waals surface area contributed by atoms with E-state index in [1.807, 2.05) is 17.8 Å². The smallest absolute Gasteiger partial charge is 0.243 e. The van der Waals surface area contributed by atoms with E-state index in [1.165, 1.54) is 5.56 Å². The third kappa shape index (κ3) is 1.84. The summed E-state index contributed by atoms with van der Waals surface area (Å²) in [5.74, 6) is 1.97. The predicted molar refractivity (Wildman–Crippen MR) is 67.2 cm³/mol. The van der Waals surface area contributed by atoms with Gasteiger partial charge in [-0.05, 0) is 5.56 Å². The number of hydrogen-bond acceptors (Lipinski definition) is 4. The molecule has 3 rings (SSSR count).